The minimum absolute atomic E-state index is 0.127. The molecule has 1 aliphatic rings. The Kier molecular flexibility index (Phi) is 5.25. The first-order valence-corrected chi connectivity index (χ1v) is 8.93. The molecular weight excluding hydrogens is 380 g/mol. The summed E-state index contributed by atoms with van der Waals surface area (Å²) in [5.41, 5.74) is 3.56. The molecule has 0 unspecified atom stereocenters. The number of benzene rings is 2. The molecule has 0 bridgehead atoms. The van der Waals surface area contributed by atoms with Gasteiger partial charge in [-0.05, 0) is 58.7 Å². The van der Waals surface area contributed by atoms with Crippen LogP contribution in [-0.2, 0) is 0 Å². The van der Waals surface area contributed by atoms with Gasteiger partial charge in [0, 0.05) is 36.3 Å². The van der Waals surface area contributed by atoms with Gasteiger partial charge in [-0.1, -0.05) is 12.1 Å². The molecule has 0 radical (unpaired) electrons. The second-order valence-corrected chi connectivity index (χ2v) is 6.91. The topological polar surface area (TPSA) is 59.4 Å². The molecule has 1 fully saturated rings. The van der Waals surface area contributed by atoms with Gasteiger partial charge >= 0.3 is 6.03 Å². The van der Waals surface area contributed by atoms with Crippen LogP contribution >= 0.6 is 15.9 Å². The minimum Gasteiger partial charge on any atom is -0.367 e. The van der Waals surface area contributed by atoms with Crippen LogP contribution in [0, 0.1) is 18.3 Å². The molecule has 0 aromatic heterocycles. The monoisotopic (exact) mass is 398 g/mol. The Hall–Kier alpha value is -2.52. The fourth-order valence-corrected chi connectivity index (χ4v) is 3.63. The number of halogens is 1. The van der Waals surface area contributed by atoms with E-state index in [0.717, 1.165) is 23.2 Å². The van der Waals surface area contributed by atoms with Gasteiger partial charge in [0.15, 0.2) is 0 Å². The number of aryl methyl sites for hydroxylation is 1. The van der Waals surface area contributed by atoms with Gasteiger partial charge in [-0.15, -0.1) is 0 Å². The van der Waals surface area contributed by atoms with Crippen molar-refractivity contribution in [1.29, 1.82) is 5.26 Å². The van der Waals surface area contributed by atoms with Crippen molar-refractivity contribution < 1.29 is 4.79 Å². The van der Waals surface area contributed by atoms with Crippen LogP contribution in [0.15, 0.2) is 46.9 Å². The smallest absolute Gasteiger partial charge is 0.321 e. The SMILES string of the molecule is Cc1ccc(N2CCN(C(=O)Nc3cccc(C#N)c3)CC2)c(Br)c1. The summed E-state index contributed by atoms with van der Waals surface area (Å²) in [6, 6.07) is 15.2. The summed E-state index contributed by atoms with van der Waals surface area (Å²) < 4.78 is 1.08. The van der Waals surface area contributed by atoms with E-state index < -0.39 is 0 Å². The predicted octanol–water partition coefficient (Wildman–Crippen LogP) is 3.98. The van der Waals surface area contributed by atoms with E-state index >= 15 is 0 Å². The van der Waals surface area contributed by atoms with Crippen molar-refractivity contribution in [3.8, 4) is 6.07 Å². The van der Waals surface area contributed by atoms with Crippen molar-refractivity contribution in [3.05, 3.63) is 58.1 Å². The molecule has 1 aliphatic heterocycles. The number of hydrogen-bond acceptors (Lipinski definition) is 3. The Morgan fingerprint density at radius 2 is 1.92 bits per heavy atom. The molecule has 0 aliphatic carbocycles. The van der Waals surface area contributed by atoms with E-state index in [9.17, 15) is 4.79 Å². The lowest BCUT2D eigenvalue weighted by Gasteiger charge is -2.36. The van der Waals surface area contributed by atoms with Crippen molar-refractivity contribution in [2.75, 3.05) is 36.4 Å². The maximum Gasteiger partial charge on any atom is 0.321 e. The zero-order valence-electron chi connectivity index (χ0n) is 14.0. The molecule has 0 spiro atoms. The van der Waals surface area contributed by atoms with Crippen molar-refractivity contribution in [3.63, 3.8) is 0 Å². The van der Waals surface area contributed by atoms with Crippen LogP contribution in [0.5, 0.6) is 0 Å². The first-order chi connectivity index (χ1) is 12.1. The predicted molar refractivity (Wildman–Crippen MR) is 103 cm³/mol. The van der Waals surface area contributed by atoms with Gasteiger partial charge in [0.25, 0.3) is 0 Å². The first-order valence-electron chi connectivity index (χ1n) is 8.14. The van der Waals surface area contributed by atoms with Crippen LogP contribution < -0.4 is 10.2 Å². The Bertz CT molecular complexity index is 822. The largest absolute Gasteiger partial charge is 0.367 e. The van der Waals surface area contributed by atoms with Gasteiger partial charge in [0.2, 0.25) is 0 Å². The van der Waals surface area contributed by atoms with Crippen LogP contribution in [-0.4, -0.2) is 37.1 Å². The van der Waals surface area contributed by atoms with Gasteiger partial charge in [0.05, 0.1) is 17.3 Å². The molecule has 2 amide bonds. The average molecular weight is 399 g/mol. The molecule has 1 saturated heterocycles. The van der Waals surface area contributed by atoms with Gasteiger partial charge in [0.1, 0.15) is 0 Å². The van der Waals surface area contributed by atoms with E-state index in [1.54, 1.807) is 29.2 Å². The van der Waals surface area contributed by atoms with Crippen molar-refractivity contribution in [1.82, 2.24) is 4.90 Å². The van der Waals surface area contributed by atoms with E-state index in [1.165, 1.54) is 5.56 Å². The van der Waals surface area contributed by atoms with Crippen LogP contribution in [0.25, 0.3) is 0 Å². The number of nitrogens with zero attached hydrogens (tertiary/aromatic N) is 3. The highest BCUT2D eigenvalue weighted by atomic mass is 79.9. The molecule has 5 nitrogen and oxygen atoms in total. The number of hydrogen-bond donors (Lipinski definition) is 1. The summed E-state index contributed by atoms with van der Waals surface area (Å²) in [4.78, 5) is 16.5. The zero-order chi connectivity index (χ0) is 17.8. The molecule has 0 atom stereocenters. The van der Waals surface area contributed by atoms with E-state index in [0.29, 0.717) is 24.3 Å². The number of carbonyl (C=O) groups is 1. The number of piperazine rings is 1. The molecule has 0 saturated carbocycles. The Morgan fingerprint density at radius 3 is 2.60 bits per heavy atom. The second kappa shape index (κ2) is 7.58. The number of nitriles is 1. The molecule has 3 rings (SSSR count). The summed E-state index contributed by atoms with van der Waals surface area (Å²) in [6.07, 6.45) is 0. The number of rotatable bonds is 2. The number of urea groups is 1. The standard InChI is InChI=1S/C19H19BrN4O/c1-14-5-6-18(17(20)11-14)23-7-9-24(10-8-23)19(25)22-16-4-2-3-15(12-16)13-21/h2-6,11-12H,7-10H2,1H3,(H,22,25). The minimum atomic E-state index is -0.127. The van der Waals surface area contributed by atoms with Crippen molar-refractivity contribution in [2.24, 2.45) is 0 Å². The van der Waals surface area contributed by atoms with Gasteiger partial charge in [-0.25, -0.2) is 4.79 Å². The van der Waals surface area contributed by atoms with E-state index in [2.05, 4.69) is 57.3 Å². The summed E-state index contributed by atoms with van der Waals surface area (Å²) >= 11 is 3.62. The quantitative estimate of drug-likeness (QED) is 0.831. The molecule has 1 N–H and O–H groups in total. The van der Waals surface area contributed by atoms with Gasteiger partial charge in [-0.2, -0.15) is 5.26 Å². The lowest BCUT2D eigenvalue weighted by atomic mass is 10.2. The Morgan fingerprint density at radius 1 is 1.16 bits per heavy atom. The maximum atomic E-state index is 12.4. The molecule has 25 heavy (non-hydrogen) atoms. The van der Waals surface area contributed by atoms with Crippen LogP contribution in [0.2, 0.25) is 0 Å². The van der Waals surface area contributed by atoms with E-state index in [1.807, 2.05) is 0 Å². The second-order valence-electron chi connectivity index (χ2n) is 6.05. The number of nitrogens with one attached hydrogen (secondary N) is 1. The fourth-order valence-electron chi connectivity index (χ4n) is 2.89. The third kappa shape index (κ3) is 4.12. The Labute approximate surface area is 156 Å². The van der Waals surface area contributed by atoms with Crippen LogP contribution in [0.3, 0.4) is 0 Å². The third-order valence-electron chi connectivity index (χ3n) is 4.25. The molecule has 128 valence electrons. The summed E-state index contributed by atoms with van der Waals surface area (Å²) in [7, 11) is 0. The molecule has 2 aromatic carbocycles. The zero-order valence-corrected chi connectivity index (χ0v) is 15.6. The third-order valence-corrected chi connectivity index (χ3v) is 4.89. The average Bonchev–Trinajstić information content (AvgIpc) is 2.62. The van der Waals surface area contributed by atoms with Gasteiger partial charge < -0.3 is 15.1 Å². The molecule has 6 heteroatoms. The van der Waals surface area contributed by atoms with E-state index in [-0.39, 0.29) is 6.03 Å². The first kappa shape index (κ1) is 17.3. The molecule has 1 heterocycles. The van der Waals surface area contributed by atoms with Crippen LogP contribution in [0.4, 0.5) is 16.2 Å². The number of carbonyl (C=O) groups excluding carboxylic acids is 1. The summed E-state index contributed by atoms with van der Waals surface area (Å²) in [5, 5.41) is 11.8. The highest BCUT2D eigenvalue weighted by molar-refractivity contribution is 9.10. The van der Waals surface area contributed by atoms with Crippen molar-refractivity contribution >= 4 is 33.3 Å². The lowest BCUT2D eigenvalue weighted by molar-refractivity contribution is 0.208. The van der Waals surface area contributed by atoms with Crippen LogP contribution in [0.1, 0.15) is 11.1 Å². The van der Waals surface area contributed by atoms with E-state index in [4.69, 9.17) is 5.26 Å². The van der Waals surface area contributed by atoms with Gasteiger partial charge in [-0.3, -0.25) is 0 Å². The maximum absolute atomic E-state index is 12.4. The highest BCUT2D eigenvalue weighted by Crippen LogP contribution is 2.28. The lowest BCUT2D eigenvalue weighted by Crippen LogP contribution is -2.50. The summed E-state index contributed by atoms with van der Waals surface area (Å²) in [6.45, 7) is 4.95. The highest BCUT2D eigenvalue weighted by Gasteiger charge is 2.22. The fraction of sp³-hybridized carbons (Fsp3) is 0.263. The number of anilines is 2. The van der Waals surface area contributed by atoms with Crippen molar-refractivity contribution in [2.45, 2.75) is 6.92 Å². The normalized spacial score (nSPS) is 14.1. The molecule has 2 aromatic rings. The summed E-state index contributed by atoms with van der Waals surface area (Å²) in [5.74, 6) is 0. The Balaban J connectivity index is 1.60. The molecular formula is C19H19BrN4O. The number of amides is 2.